The Morgan fingerprint density at radius 2 is 1.92 bits per heavy atom. The van der Waals surface area contributed by atoms with Crippen molar-refractivity contribution in [1.29, 1.82) is 0 Å². The van der Waals surface area contributed by atoms with Crippen molar-refractivity contribution in [3.63, 3.8) is 0 Å². The number of hydrogen-bond donors (Lipinski definition) is 3. The first kappa shape index (κ1) is 18.7. The number of hydrogen-bond acceptors (Lipinski definition) is 4. The third-order valence-electron chi connectivity index (χ3n) is 4.26. The SMILES string of the molecule is Cl.NS(=O)(=O)NCC1CCN(c2cc(=O)[nH]c3ccccc23)CC1. The molecule has 0 atom stereocenters. The number of aromatic nitrogens is 1. The zero-order valence-electron chi connectivity index (χ0n) is 13.1. The predicted octanol–water partition coefficient (Wildman–Crippen LogP) is 0.959. The summed E-state index contributed by atoms with van der Waals surface area (Å²) >= 11 is 0. The molecule has 1 aromatic carbocycles. The highest BCUT2D eigenvalue weighted by molar-refractivity contribution is 7.87. The first-order chi connectivity index (χ1) is 10.9. The largest absolute Gasteiger partial charge is 0.371 e. The van der Waals surface area contributed by atoms with Crippen molar-refractivity contribution in [1.82, 2.24) is 9.71 Å². The van der Waals surface area contributed by atoms with E-state index in [9.17, 15) is 13.2 Å². The molecule has 1 aliphatic rings. The maximum atomic E-state index is 11.9. The summed E-state index contributed by atoms with van der Waals surface area (Å²) in [6.45, 7) is 1.93. The minimum atomic E-state index is -3.63. The van der Waals surface area contributed by atoms with Crippen molar-refractivity contribution in [3.05, 3.63) is 40.7 Å². The molecule has 0 saturated carbocycles. The van der Waals surface area contributed by atoms with E-state index in [0.29, 0.717) is 6.54 Å². The second kappa shape index (κ2) is 7.52. The molecule has 7 nitrogen and oxygen atoms in total. The van der Waals surface area contributed by atoms with Crippen LogP contribution in [0, 0.1) is 5.92 Å². The van der Waals surface area contributed by atoms with Gasteiger partial charge in [0.15, 0.2) is 0 Å². The number of pyridine rings is 1. The number of aromatic amines is 1. The topological polar surface area (TPSA) is 108 Å². The van der Waals surface area contributed by atoms with Crippen molar-refractivity contribution in [3.8, 4) is 0 Å². The molecule has 0 spiro atoms. The fourth-order valence-corrected chi connectivity index (χ4v) is 3.53. The van der Waals surface area contributed by atoms with Gasteiger partial charge >= 0.3 is 0 Å². The molecule has 2 aromatic rings. The lowest BCUT2D eigenvalue weighted by Crippen LogP contribution is -2.40. The zero-order chi connectivity index (χ0) is 16.4. The molecule has 0 unspecified atom stereocenters. The summed E-state index contributed by atoms with van der Waals surface area (Å²) in [4.78, 5) is 16.9. The van der Waals surface area contributed by atoms with Crippen LogP contribution in [0.1, 0.15) is 12.8 Å². The van der Waals surface area contributed by atoms with E-state index in [0.717, 1.165) is 42.5 Å². The Labute approximate surface area is 146 Å². The number of piperidine rings is 1. The fourth-order valence-electron chi connectivity index (χ4n) is 3.06. The van der Waals surface area contributed by atoms with Gasteiger partial charge in [-0.15, -0.1) is 12.4 Å². The van der Waals surface area contributed by atoms with E-state index in [1.165, 1.54) is 0 Å². The van der Waals surface area contributed by atoms with Crippen molar-refractivity contribution in [2.24, 2.45) is 11.1 Å². The molecule has 0 radical (unpaired) electrons. The first-order valence-corrected chi connectivity index (χ1v) is 9.11. The Hall–Kier alpha value is -1.61. The minimum Gasteiger partial charge on any atom is -0.371 e. The number of nitrogens with one attached hydrogen (secondary N) is 2. The summed E-state index contributed by atoms with van der Waals surface area (Å²) in [5.74, 6) is 0.262. The highest BCUT2D eigenvalue weighted by Gasteiger charge is 2.21. The van der Waals surface area contributed by atoms with Gasteiger partial charge in [0.05, 0.1) is 11.2 Å². The van der Waals surface area contributed by atoms with Crippen LogP contribution in [0.4, 0.5) is 5.69 Å². The Morgan fingerprint density at radius 3 is 2.58 bits per heavy atom. The van der Waals surface area contributed by atoms with Gasteiger partial charge in [-0.25, -0.2) is 9.86 Å². The highest BCUT2D eigenvalue weighted by Crippen LogP contribution is 2.27. The van der Waals surface area contributed by atoms with Crippen LogP contribution in [0.15, 0.2) is 35.1 Å². The summed E-state index contributed by atoms with van der Waals surface area (Å²) in [5.41, 5.74) is 1.65. The molecular weight excluding hydrogens is 352 g/mol. The maximum absolute atomic E-state index is 11.9. The molecule has 1 aliphatic heterocycles. The van der Waals surface area contributed by atoms with E-state index in [2.05, 4.69) is 14.6 Å². The van der Waals surface area contributed by atoms with Crippen molar-refractivity contribution >= 4 is 39.2 Å². The van der Waals surface area contributed by atoms with Crippen molar-refractivity contribution in [2.75, 3.05) is 24.5 Å². The Balaban J connectivity index is 0.00000208. The molecule has 3 rings (SSSR count). The third-order valence-corrected chi connectivity index (χ3v) is 4.83. The zero-order valence-corrected chi connectivity index (χ0v) is 14.7. The van der Waals surface area contributed by atoms with Crippen LogP contribution in [-0.4, -0.2) is 33.0 Å². The van der Waals surface area contributed by atoms with Gasteiger partial charge in [-0.2, -0.15) is 8.42 Å². The summed E-state index contributed by atoms with van der Waals surface area (Å²) in [5, 5.41) is 5.98. The van der Waals surface area contributed by atoms with Gasteiger partial charge in [0.2, 0.25) is 5.56 Å². The normalized spacial score (nSPS) is 16.1. The minimum absolute atomic E-state index is 0. The van der Waals surface area contributed by atoms with Crippen LogP contribution >= 0.6 is 12.4 Å². The molecule has 1 fully saturated rings. The second-order valence-corrected chi connectivity index (χ2v) is 7.27. The van der Waals surface area contributed by atoms with Gasteiger partial charge in [-0.05, 0) is 24.8 Å². The Morgan fingerprint density at radius 1 is 1.25 bits per heavy atom. The molecule has 1 aromatic heterocycles. The molecular formula is C15H21ClN4O3S. The number of para-hydroxylation sites is 1. The van der Waals surface area contributed by atoms with Gasteiger partial charge in [0.25, 0.3) is 10.2 Å². The monoisotopic (exact) mass is 372 g/mol. The standard InChI is InChI=1S/C15H20N4O3S.ClH/c16-23(21,22)17-10-11-5-7-19(8-6-11)14-9-15(20)18-13-4-2-1-3-12(13)14;/h1-4,9,11,17H,5-8,10H2,(H,18,20)(H2,16,21,22);1H. The van der Waals surface area contributed by atoms with Gasteiger partial charge in [-0.1, -0.05) is 18.2 Å². The van der Waals surface area contributed by atoms with Gasteiger partial charge < -0.3 is 9.88 Å². The van der Waals surface area contributed by atoms with E-state index < -0.39 is 10.2 Å². The fraction of sp³-hybridized carbons (Fsp3) is 0.400. The number of nitrogens with two attached hydrogens (primary N) is 1. The van der Waals surface area contributed by atoms with Crippen molar-refractivity contribution < 1.29 is 8.42 Å². The molecule has 1 saturated heterocycles. The average molecular weight is 373 g/mol. The molecule has 9 heteroatoms. The van der Waals surface area contributed by atoms with Crippen LogP contribution in [0.3, 0.4) is 0 Å². The van der Waals surface area contributed by atoms with E-state index >= 15 is 0 Å². The molecule has 0 amide bonds. The van der Waals surface area contributed by atoms with Gasteiger partial charge in [-0.3, -0.25) is 4.79 Å². The molecule has 24 heavy (non-hydrogen) atoms. The van der Waals surface area contributed by atoms with Gasteiger partial charge in [0.1, 0.15) is 0 Å². The Bertz CT molecular complexity index is 860. The van der Waals surface area contributed by atoms with E-state index in [-0.39, 0.29) is 23.9 Å². The highest BCUT2D eigenvalue weighted by atomic mass is 35.5. The second-order valence-electron chi connectivity index (χ2n) is 5.89. The lowest BCUT2D eigenvalue weighted by atomic mass is 9.96. The van der Waals surface area contributed by atoms with Crippen LogP contribution in [0.25, 0.3) is 10.9 Å². The summed E-state index contributed by atoms with van der Waals surface area (Å²) in [6.07, 6.45) is 1.70. The van der Waals surface area contributed by atoms with Crippen LogP contribution < -0.4 is 20.3 Å². The number of anilines is 1. The number of rotatable bonds is 4. The number of H-pyrrole nitrogens is 1. The van der Waals surface area contributed by atoms with E-state index in [4.69, 9.17) is 5.14 Å². The summed E-state index contributed by atoms with van der Waals surface area (Å²) < 4.78 is 24.3. The van der Waals surface area contributed by atoms with E-state index in [1.54, 1.807) is 6.07 Å². The van der Waals surface area contributed by atoms with Gasteiger partial charge in [0, 0.05) is 31.1 Å². The number of nitrogens with zero attached hydrogens (tertiary/aromatic N) is 1. The summed E-state index contributed by atoms with van der Waals surface area (Å²) in [6, 6.07) is 9.36. The van der Waals surface area contributed by atoms with Crippen LogP contribution in [0.2, 0.25) is 0 Å². The average Bonchev–Trinajstić information content (AvgIpc) is 2.52. The quantitative estimate of drug-likeness (QED) is 0.742. The van der Waals surface area contributed by atoms with Crippen molar-refractivity contribution in [2.45, 2.75) is 12.8 Å². The third kappa shape index (κ3) is 4.47. The molecule has 0 aliphatic carbocycles. The predicted molar refractivity (Wildman–Crippen MR) is 97.9 cm³/mol. The number of benzene rings is 1. The molecule has 4 N–H and O–H groups in total. The lowest BCUT2D eigenvalue weighted by molar-refractivity contribution is 0.402. The maximum Gasteiger partial charge on any atom is 0.274 e. The van der Waals surface area contributed by atoms with E-state index in [1.807, 2.05) is 24.3 Å². The molecule has 0 bridgehead atoms. The molecule has 2 heterocycles. The smallest absolute Gasteiger partial charge is 0.274 e. The summed E-state index contributed by atoms with van der Waals surface area (Å²) in [7, 11) is -3.63. The number of fused-ring (bicyclic) bond motifs is 1. The number of halogens is 1. The first-order valence-electron chi connectivity index (χ1n) is 7.57. The van der Waals surface area contributed by atoms with Crippen LogP contribution in [0.5, 0.6) is 0 Å². The lowest BCUT2D eigenvalue weighted by Gasteiger charge is -2.34. The molecule has 132 valence electrons. The van der Waals surface area contributed by atoms with Crippen LogP contribution in [-0.2, 0) is 10.2 Å². The Kier molecular flexibility index (Phi) is 5.87.